The number of aliphatic hydroxyl groups excluding tert-OH is 1. The normalized spacial score (nSPS) is 18.8. The van der Waals surface area contributed by atoms with Crippen molar-refractivity contribution in [2.75, 3.05) is 13.2 Å². The van der Waals surface area contributed by atoms with Crippen LogP contribution in [0.25, 0.3) is 0 Å². The number of carbonyl (C=O) groups excluding carboxylic acids is 1. The molecule has 0 fully saturated rings. The van der Waals surface area contributed by atoms with Gasteiger partial charge >= 0.3 is 5.97 Å². The number of hydrogen-bond donors (Lipinski definition) is 2. The van der Waals surface area contributed by atoms with Gasteiger partial charge in [-0.15, -0.1) is 0 Å². The Balaban J connectivity index is 1.67. The molecular weight excluding hydrogens is 330 g/mol. The van der Waals surface area contributed by atoms with Gasteiger partial charge in [0.25, 0.3) is 0 Å². The highest BCUT2D eigenvalue weighted by atomic mass is 16.6. The van der Waals surface area contributed by atoms with Crippen LogP contribution in [0.1, 0.15) is 23.6 Å². The summed E-state index contributed by atoms with van der Waals surface area (Å²) in [6.45, 7) is 2.71. The fraction of sp³-hybridized carbons (Fsp3) is 0.381. The second-order valence-corrected chi connectivity index (χ2v) is 6.44. The van der Waals surface area contributed by atoms with Crippen LogP contribution in [0.15, 0.2) is 48.5 Å². The van der Waals surface area contributed by atoms with Crippen LogP contribution in [0.3, 0.4) is 0 Å². The smallest absolute Gasteiger partial charge is 0.344 e. The highest BCUT2D eigenvalue weighted by molar-refractivity contribution is 5.71. The van der Waals surface area contributed by atoms with Crippen molar-refractivity contribution in [1.82, 2.24) is 5.32 Å². The first kappa shape index (κ1) is 18.4. The summed E-state index contributed by atoms with van der Waals surface area (Å²) in [7, 11) is 0. The van der Waals surface area contributed by atoms with Gasteiger partial charge in [0.15, 0.2) is 6.61 Å². The highest BCUT2D eigenvalue weighted by Gasteiger charge is 2.28. The summed E-state index contributed by atoms with van der Waals surface area (Å²) in [6, 6.07) is 15.8. The van der Waals surface area contributed by atoms with E-state index in [4.69, 9.17) is 9.47 Å². The first-order valence-corrected chi connectivity index (χ1v) is 9.02. The number of esters is 1. The second kappa shape index (κ2) is 8.83. The molecule has 0 unspecified atom stereocenters. The summed E-state index contributed by atoms with van der Waals surface area (Å²) in [5.74, 6) is 0.314. The minimum absolute atomic E-state index is 0.0601. The van der Waals surface area contributed by atoms with Gasteiger partial charge in [-0.1, -0.05) is 42.5 Å². The molecule has 0 bridgehead atoms. The molecule has 0 saturated carbocycles. The molecule has 0 amide bonds. The maximum atomic E-state index is 11.6. The average Bonchev–Trinajstić information content (AvgIpc) is 2.65. The summed E-state index contributed by atoms with van der Waals surface area (Å²) in [5.41, 5.74) is 3.29. The van der Waals surface area contributed by atoms with E-state index in [1.807, 2.05) is 36.4 Å². The van der Waals surface area contributed by atoms with Crippen molar-refractivity contribution < 1.29 is 19.4 Å². The number of benzene rings is 2. The SMILES string of the molecule is CCOC(=O)COc1cccc2c1C[C@@H](NCc1ccccc1)[C@H](O)C2. The molecule has 138 valence electrons. The first-order valence-electron chi connectivity index (χ1n) is 9.02. The van der Waals surface area contributed by atoms with Crippen LogP contribution in [0.2, 0.25) is 0 Å². The molecule has 5 nitrogen and oxygen atoms in total. The van der Waals surface area contributed by atoms with Gasteiger partial charge in [-0.05, 0) is 36.1 Å². The number of carbonyl (C=O) groups is 1. The molecule has 2 N–H and O–H groups in total. The second-order valence-electron chi connectivity index (χ2n) is 6.44. The molecule has 0 aromatic heterocycles. The molecule has 2 aromatic carbocycles. The minimum Gasteiger partial charge on any atom is -0.482 e. The third-order valence-electron chi connectivity index (χ3n) is 4.61. The molecule has 2 aromatic rings. The number of fused-ring (bicyclic) bond motifs is 1. The predicted octanol–water partition coefficient (Wildman–Crippen LogP) is 2.25. The van der Waals surface area contributed by atoms with Gasteiger partial charge in [0.2, 0.25) is 0 Å². The van der Waals surface area contributed by atoms with E-state index in [9.17, 15) is 9.90 Å². The van der Waals surface area contributed by atoms with Crippen molar-refractivity contribution in [3.05, 3.63) is 65.2 Å². The number of hydrogen-bond acceptors (Lipinski definition) is 5. The standard InChI is InChI=1S/C21H25NO4/c1-2-25-21(24)14-26-20-10-6-9-16-11-19(23)18(12-17(16)20)22-13-15-7-4-3-5-8-15/h3-10,18-19,22-23H,2,11-14H2,1H3/t18-,19-/m1/s1. The Kier molecular flexibility index (Phi) is 6.26. The Morgan fingerprint density at radius 3 is 2.73 bits per heavy atom. The lowest BCUT2D eigenvalue weighted by atomic mass is 9.85. The van der Waals surface area contributed by atoms with Crippen LogP contribution in [0.5, 0.6) is 5.75 Å². The third kappa shape index (κ3) is 4.62. The highest BCUT2D eigenvalue weighted by Crippen LogP contribution is 2.30. The van der Waals surface area contributed by atoms with Gasteiger partial charge in [-0.3, -0.25) is 0 Å². The summed E-state index contributed by atoms with van der Waals surface area (Å²) in [6.07, 6.45) is 0.771. The molecular formula is C21H25NO4. The van der Waals surface area contributed by atoms with Gasteiger partial charge in [0, 0.05) is 19.0 Å². The van der Waals surface area contributed by atoms with Crippen molar-refractivity contribution in [1.29, 1.82) is 0 Å². The van der Waals surface area contributed by atoms with Gasteiger partial charge < -0.3 is 19.9 Å². The molecule has 0 radical (unpaired) electrons. The number of nitrogens with one attached hydrogen (secondary N) is 1. The molecule has 5 heteroatoms. The Bertz CT molecular complexity index is 732. The Morgan fingerprint density at radius 1 is 1.15 bits per heavy atom. The van der Waals surface area contributed by atoms with E-state index in [2.05, 4.69) is 17.4 Å². The molecule has 0 spiro atoms. The molecule has 1 aliphatic rings. The lowest BCUT2D eigenvalue weighted by molar-refractivity contribution is -0.145. The molecule has 2 atom stereocenters. The Labute approximate surface area is 153 Å². The van der Waals surface area contributed by atoms with E-state index >= 15 is 0 Å². The van der Waals surface area contributed by atoms with E-state index in [-0.39, 0.29) is 18.6 Å². The number of rotatable bonds is 7. The molecule has 3 rings (SSSR count). The predicted molar refractivity (Wildman–Crippen MR) is 99.1 cm³/mol. The zero-order valence-electron chi connectivity index (χ0n) is 15.0. The van der Waals surface area contributed by atoms with Crippen LogP contribution in [-0.2, 0) is 28.9 Å². The van der Waals surface area contributed by atoms with E-state index in [1.165, 1.54) is 5.56 Å². The lowest BCUT2D eigenvalue weighted by Gasteiger charge is -2.31. The first-order chi connectivity index (χ1) is 12.7. The van der Waals surface area contributed by atoms with Crippen LogP contribution < -0.4 is 10.1 Å². The third-order valence-corrected chi connectivity index (χ3v) is 4.61. The zero-order chi connectivity index (χ0) is 18.4. The summed E-state index contributed by atoms with van der Waals surface area (Å²) < 4.78 is 10.6. The number of ether oxygens (including phenoxy) is 2. The Morgan fingerprint density at radius 2 is 1.96 bits per heavy atom. The fourth-order valence-electron chi connectivity index (χ4n) is 3.29. The largest absolute Gasteiger partial charge is 0.482 e. The fourth-order valence-corrected chi connectivity index (χ4v) is 3.29. The van der Waals surface area contributed by atoms with Crippen LogP contribution in [-0.4, -0.2) is 36.4 Å². The molecule has 1 aliphatic carbocycles. The van der Waals surface area contributed by atoms with E-state index in [1.54, 1.807) is 6.92 Å². The van der Waals surface area contributed by atoms with Gasteiger partial charge in [0.1, 0.15) is 5.75 Å². The van der Waals surface area contributed by atoms with Crippen molar-refractivity contribution in [3.8, 4) is 5.75 Å². The van der Waals surface area contributed by atoms with Gasteiger partial charge in [0.05, 0.1) is 12.7 Å². The molecule has 0 aliphatic heterocycles. The van der Waals surface area contributed by atoms with Crippen molar-refractivity contribution >= 4 is 5.97 Å². The van der Waals surface area contributed by atoms with Gasteiger partial charge in [-0.2, -0.15) is 0 Å². The summed E-state index contributed by atoms with van der Waals surface area (Å²) in [4.78, 5) is 11.6. The van der Waals surface area contributed by atoms with Crippen LogP contribution >= 0.6 is 0 Å². The van der Waals surface area contributed by atoms with E-state index in [0.717, 1.165) is 11.1 Å². The topological polar surface area (TPSA) is 67.8 Å². The van der Waals surface area contributed by atoms with Crippen molar-refractivity contribution in [2.24, 2.45) is 0 Å². The van der Waals surface area contributed by atoms with Crippen LogP contribution in [0.4, 0.5) is 0 Å². The lowest BCUT2D eigenvalue weighted by Crippen LogP contribution is -2.45. The summed E-state index contributed by atoms with van der Waals surface area (Å²) in [5, 5.41) is 13.9. The quantitative estimate of drug-likeness (QED) is 0.746. The number of aliphatic hydroxyl groups is 1. The van der Waals surface area contributed by atoms with Crippen molar-refractivity contribution in [2.45, 2.75) is 38.5 Å². The average molecular weight is 355 g/mol. The maximum absolute atomic E-state index is 11.6. The zero-order valence-corrected chi connectivity index (χ0v) is 15.0. The Hall–Kier alpha value is -2.37. The van der Waals surface area contributed by atoms with E-state index < -0.39 is 6.10 Å². The molecule has 0 saturated heterocycles. The molecule has 26 heavy (non-hydrogen) atoms. The van der Waals surface area contributed by atoms with Gasteiger partial charge in [-0.25, -0.2) is 4.79 Å². The minimum atomic E-state index is -0.452. The maximum Gasteiger partial charge on any atom is 0.344 e. The monoisotopic (exact) mass is 355 g/mol. The summed E-state index contributed by atoms with van der Waals surface area (Å²) >= 11 is 0. The van der Waals surface area contributed by atoms with Crippen molar-refractivity contribution in [3.63, 3.8) is 0 Å². The molecule has 0 heterocycles. The van der Waals surface area contributed by atoms with Crippen LogP contribution in [0, 0.1) is 0 Å². The van der Waals surface area contributed by atoms with E-state index in [0.29, 0.717) is 31.7 Å².